The van der Waals surface area contributed by atoms with Gasteiger partial charge in [0.15, 0.2) is 0 Å². The molecule has 0 saturated heterocycles. The van der Waals surface area contributed by atoms with Gasteiger partial charge >= 0.3 is 0 Å². The molecular formula is C10H10FNO. The zero-order valence-electron chi connectivity index (χ0n) is 7.60. The molecule has 0 N–H and O–H groups in total. The molecule has 3 heteroatoms. The number of amides is 1. The van der Waals surface area contributed by atoms with Crippen LogP contribution in [0.3, 0.4) is 0 Å². The van der Waals surface area contributed by atoms with E-state index in [-0.39, 0.29) is 11.7 Å². The third-order valence-corrected chi connectivity index (χ3v) is 2.37. The molecule has 2 rings (SSSR count). The molecule has 0 saturated carbocycles. The van der Waals surface area contributed by atoms with Gasteiger partial charge in [-0.25, -0.2) is 4.39 Å². The Balaban J connectivity index is 2.59. The predicted octanol–water partition coefficient (Wildman–Crippen LogP) is 1.72. The summed E-state index contributed by atoms with van der Waals surface area (Å²) >= 11 is 0. The van der Waals surface area contributed by atoms with Gasteiger partial charge in [0.1, 0.15) is 5.82 Å². The van der Waals surface area contributed by atoms with Gasteiger partial charge in [-0.1, -0.05) is 6.07 Å². The number of fused-ring (bicyclic) bond motifs is 1. The van der Waals surface area contributed by atoms with E-state index in [0.29, 0.717) is 17.7 Å². The third kappa shape index (κ3) is 1.11. The topological polar surface area (TPSA) is 20.3 Å². The van der Waals surface area contributed by atoms with Crippen LogP contribution in [0.25, 0.3) is 0 Å². The molecule has 0 spiro atoms. The first kappa shape index (κ1) is 8.23. The van der Waals surface area contributed by atoms with Crippen molar-refractivity contribution in [2.45, 2.75) is 13.5 Å². The second kappa shape index (κ2) is 2.55. The Hall–Kier alpha value is -1.38. The zero-order chi connectivity index (χ0) is 9.59. The molecule has 0 aromatic heterocycles. The average molecular weight is 179 g/mol. The number of aryl methyl sites for hydroxylation is 1. The average Bonchev–Trinajstić information content (AvgIpc) is 2.32. The highest BCUT2D eigenvalue weighted by Gasteiger charge is 2.25. The lowest BCUT2D eigenvalue weighted by atomic mass is 10.1. The van der Waals surface area contributed by atoms with Gasteiger partial charge < -0.3 is 4.90 Å². The van der Waals surface area contributed by atoms with Crippen molar-refractivity contribution >= 4 is 5.91 Å². The molecule has 0 radical (unpaired) electrons. The molecule has 0 fully saturated rings. The monoisotopic (exact) mass is 179 g/mol. The van der Waals surface area contributed by atoms with Crippen LogP contribution in [-0.4, -0.2) is 17.9 Å². The Morgan fingerprint density at radius 3 is 2.85 bits per heavy atom. The third-order valence-electron chi connectivity index (χ3n) is 2.37. The number of benzene rings is 1. The summed E-state index contributed by atoms with van der Waals surface area (Å²) in [4.78, 5) is 13.0. The van der Waals surface area contributed by atoms with Gasteiger partial charge in [-0.2, -0.15) is 0 Å². The zero-order valence-corrected chi connectivity index (χ0v) is 7.60. The van der Waals surface area contributed by atoms with Crippen LogP contribution in [-0.2, 0) is 6.54 Å². The normalized spacial score (nSPS) is 15.0. The Labute approximate surface area is 76.0 Å². The minimum absolute atomic E-state index is 0.0890. The van der Waals surface area contributed by atoms with Crippen molar-refractivity contribution in [1.82, 2.24) is 4.90 Å². The molecule has 1 aromatic rings. The van der Waals surface area contributed by atoms with E-state index in [1.54, 1.807) is 24.9 Å². The number of halogens is 1. The lowest BCUT2D eigenvalue weighted by Gasteiger charge is -2.04. The number of hydrogen-bond donors (Lipinski definition) is 0. The maximum absolute atomic E-state index is 13.1. The summed E-state index contributed by atoms with van der Waals surface area (Å²) in [6, 6.07) is 3.07. The Morgan fingerprint density at radius 1 is 1.46 bits per heavy atom. The van der Waals surface area contributed by atoms with E-state index in [0.717, 1.165) is 5.56 Å². The maximum Gasteiger partial charge on any atom is 0.254 e. The van der Waals surface area contributed by atoms with Gasteiger partial charge in [0, 0.05) is 19.2 Å². The van der Waals surface area contributed by atoms with Crippen molar-refractivity contribution in [1.29, 1.82) is 0 Å². The molecular weight excluding hydrogens is 169 g/mol. The number of nitrogens with zero attached hydrogens (tertiary/aromatic N) is 1. The molecule has 1 aliphatic rings. The largest absolute Gasteiger partial charge is 0.337 e. The van der Waals surface area contributed by atoms with Crippen LogP contribution in [0, 0.1) is 12.7 Å². The fraction of sp³-hybridized carbons (Fsp3) is 0.300. The van der Waals surface area contributed by atoms with Crippen molar-refractivity contribution in [2.75, 3.05) is 7.05 Å². The minimum atomic E-state index is -0.303. The van der Waals surface area contributed by atoms with E-state index in [4.69, 9.17) is 0 Å². The van der Waals surface area contributed by atoms with Gasteiger partial charge in [0.05, 0.1) is 0 Å². The fourth-order valence-corrected chi connectivity index (χ4v) is 1.60. The quantitative estimate of drug-likeness (QED) is 0.593. The van der Waals surface area contributed by atoms with Crippen molar-refractivity contribution in [3.8, 4) is 0 Å². The van der Waals surface area contributed by atoms with Crippen molar-refractivity contribution < 1.29 is 9.18 Å². The maximum atomic E-state index is 13.1. The van der Waals surface area contributed by atoms with Crippen molar-refractivity contribution in [2.24, 2.45) is 0 Å². The predicted molar refractivity (Wildman–Crippen MR) is 46.9 cm³/mol. The minimum Gasteiger partial charge on any atom is -0.337 e. The van der Waals surface area contributed by atoms with E-state index in [9.17, 15) is 9.18 Å². The van der Waals surface area contributed by atoms with Gasteiger partial charge in [-0.15, -0.1) is 0 Å². The fourth-order valence-electron chi connectivity index (χ4n) is 1.60. The van der Waals surface area contributed by atoms with Crippen molar-refractivity contribution in [3.05, 3.63) is 34.6 Å². The van der Waals surface area contributed by atoms with Gasteiger partial charge in [-0.3, -0.25) is 4.79 Å². The van der Waals surface area contributed by atoms with Crippen LogP contribution >= 0.6 is 0 Å². The smallest absolute Gasteiger partial charge is 0.254 e. The van der Waals surface area contributed by atoms with Crippen LogP contribution in [0.1, 0.15) is 21.5 Å². The highest BCUT2D eigenvalue weighted by Crippen LogP contribution is 2.23. The van der Waals surface area contributed by atoms with E-state index in [1.165, 1.54) is 6.07 Å². The van der Waals surface area contributed by atoms with Crippen molar-refractivity contribution in [3.63, 3.8) is 0 Å². The number of carbonyl (C=O) groups excluding carboxylic acids is 1. The standard InChI is InChI=1S/C10H10FNO/c1-6-3-7-5-12(2)10(13)8(7)4-9(6)11/h3-4H,5H2,1-2H3. The van der Waals surface area contributed by atoms with Gasteiger partial charge in [-0.05, 0) is 24.1 Å². The molecule has 0 bridgehead atoms. The molecule has 68 valence electrons. The molecule has 1 aromatic carbocycles. The number of hydrogen-bond acceptors (Lipinski definition) is 1. The summed E-state index contributed by atoms with van der Waals surface area (Å²) < 4.78 is 13.1. The number of rotatable bonds is 0. The summed E-state index contributed by atoms with van der Waals surface area (Å²) in [5.74, 6) is -0.392. The highest BCUT2D eigenvalue weighted by atomic mass is 19.1. The van der Waals surface area contributed by atoms with E-state index >= 15 is 0 Å². The van der Waals surface area contributed by atoms with Crippen LogP contribution in [0.15, 0.2) is 12.1 Å². The highest BCUT2D eigenvalue weighted by molar-refractivity contribution is 5.98. The van der Waals surface area contributed by atoms with Gasteiger partial charge in [0.2, 0.25) is 0 Å². The second-order valence-corrected chi connectivity index (χ2v) is 3.42. The van der Waals surface area contributed by atoms with E-state index in [1.807, 2.05) is 0 Å². The van der Waals surface area contributed by atoms with Gasteiger partial charge in [0.25, 0.3) is 5.91 Å². The van der Waals surface area contributed by atoms with Crippen LogP contribution in [0.4, 0.5) is 4.39 Å². The van der Waals surface area contributed by atoms with Crippen LogP contribution in [0.5, 0.6) is 0 Å². The molecule has 2 nitrogen and oxygen atoms in total. The molecule has 13 heavy (non-hydrogen) atoms. The summed E-state index contributed by atoms with van der Waals surface area (Å²) in [5.41, 5.74) is 2.03. The Kier molecular flexibility index (Phi) is 1.62. The van der Waals surface area contributed by atoms with E-state index < -0.39 is 0 Å². The first-order valence-corrected chi connectivity index (χ1v) is 4.14. The molecule has 1 heterocycles. The molecule has 0 aliphatic carbocycles. The summed E-state index contributed by atoms with van der Waals surface area (Å²) in [7, 11) is 1.72. The van der Waals surface area contributed by atoms with E-state index in [2.05, 4.69) is 0 Å². The summed E-state index contributed by atoms with van der Waals surface area (Å²) in [5, 5.41) is 0. The summed E-state index contributed by atoms with van der Waals surface area (Å²) in [6.07, 6.45) is 0. The first-order valence-electron chi connectivity index (χ1n) is 4.14. The second-order valence-electron chi connectivity index (χ2n) is 3.42. The van der Waals surface area contributed by atoms with Crippen LogP contribution in [0.2, 0.25) is 0 Å². The Bertz CT molecular complexity index is 387. The van der Waals surface area contributed by atoms with Crippen LogP contribution < -0.4 is 0 Å². The lowest BCUT2D eigenvalue weighted by molar-refractivity contribution is 0.0816. The SMILES string of the molecule is Cc1cc2c(cc1F)C(=O)N(C)C2. The Morgan fingerprint density at radius 2 is 2.15 bits per heavy atom. The number of carbonyl (C=O) groups is 1. The first-order chi connectivity index (χ1) is 6.09. The molecule has 1 amide bonds. The molecule has 1 aliphatic heterocycles. The lowest BCUT2D eigenvalue weighted by Crippen LogP contribution is -2.17. The molecule has 0 atom stereocenters. The summed E-state index contributed by atoms with van der Waals surface area (Å²) in [6.45, 7) is 2.30. The molecule has 0 unspecified atom stereocenters.